The van der Waals surface area contributed by atoms with Crippen molar-refractivity contribution in [3.8, 4) is 0 Å². The zero-order valence-corrected chi connectivity index (χ0v) is 17.9. The highest BCUT2D eigenvalue weighted by Crippen LogP contribution is 2.14. The molecule has 2 rings (SSSR count). The van der Waals surface area contributed by atoms with Gasteiger partial charge in [-0.15, -0.1) is 24.0 Å². The number of nitrogens with one attached hydrogen (secondary N) is 1. The highest BCUT2D eigenvalue weighted by Gasteiger charge is 2.11. The minimum Gasteiger partial charge on any atom is -0.379 e. The molecule has 2 heterocycles. The molecule has 0 amide bonds. The maximum atomic E-state index is 6.06. The fourth-order valence-corrected chi connectivity index (χ4v) is 2.91. The first-order valence-corrected chi connectivity index (χ1v) is 8.58. The molecule has 0 atom stereocenters. The summed E-state index contributed by atoms with van der Waals surface area (Å²) < 4.78 is 7.42. The van der Waals surface area contributed by atoms with Gasteiger partial charge in [0.15, 0.2) is 5.96 Å². The third kappa shape index (κ3) is 6.78. The van der Waals surface area contributed by atoms with E-state index in [2.05, 4.69) is 33.7 Å². The summed E-state index contributed by atoms with van der Waals surface area (Å²) in [5, 5.41) is 4.13. The molecule has 24 heavy (non-hydrogen) atoms. The summed E-state index contributed by atoms with van der Waals surface area (Å²) in [6.07, 6.45) is 1.92. The molecule has 1 aliphatic rings. The van der Waals surface area contributed by atoms with Gasteiger partial charge >= 0.3 is 0 Å². The standard InChI is InChI=1S/C16H28ClN5O.HI/c1-4-18-16(19-5-6-22-7-9-23-10-8-22)21(3)13-15-11-14(17)12-20(15)2;/h11-12H,4-10,13H2,1-3H3,(H,18,19);1H. The molecular formula is C16H29ClIN5O. The molecule has 1 saturated heterocycles. The maximum Gasteiger partial charge on any atom is 0.194 e. The van der Waals surface area contributed by atoms with Crippen molar-refractivity contribution >= 4 is 41.5 Å². The predicted octanol–water partition coefficient (Wildman–Crippen LogP) is 2.03. The Labute approximate surface area is 167 Å². The maximum absolute atomic E-state index is 6.06. The van der Waals surface area contributed by atoms with Gasteiger partial charge in [-0.05, 0) is 13.0 Å². The summed E-state index contributed by atoms with van der Waals surface area (Å²) in [5.74, 6) is 0.929. The van der Waals surface area contributed by atoms with Gasteiger partial charge in [0.2, 0.25) is 0 Å². The number of halogens is 2. The van der Waals surface area contributed by atoms with Gasteiger partial charge in [0.25, 0.3) is 0 Å². The first-order chi connectivity index (χ1) is 11.1. The smallest absolute Gasteiger partial charge is 0.194 e. The van der Waals surface area contributed by atoms with Crippen LogP contribution in [0.2, 0.25) is 5.02 Å². The molecule has 0 aliphatic carbocycles. The van der Waals surface area contributed by atoms with Crippen LogP contribution >= 0.6 is 35.6 Å². The third-order valence-electron chi connectivity index (χ3n) is 3.95. The fourth-order valence-electron chi connectivity index (χ4n) is 2.63. The van der Waals surface area contributed by atoms with Gasteiger partial charge < -0.3 is 19.5 Å². The van der Waals surface area contributed by atoms with E-state index in [0.29, 0.717) is 0 Å². The number of aliphatic imine (C=N–C) groups is 1. The minimum atomic E-state index is 0. The van der Waals surface area contributed by atoms with Gasteiger partial charge in [-0.2, -0.15) is 0 Å². The van der Waals surface area contributed by atoms with Gasteiger partial charge in [0.1, 0.15) is 0 Å². The van der Waals surface area contributed by atoms with E-state index in [4.69, 9.17) is 21.3 Å². The van der Waals surface area contributed by atoms with Crippen molar-refractivity contribution in [2.75, 3.05) is 53.0 Å². The Bertz CT molecular complexity index is 517. The van der Waals surface area contributed by atoms with Crippen LogP contribution in [0.15, 0.2) is 17.3 Å². The van der Waals surface area contributed by atoms with Crippen LogP contribution in [-0.2, 0) is 18.3 Å². The lowest BCUT2D eigenvalue weighted by Crippen LogP contribution is -2.40. The number of guanidine groups is 1. The molecule has 138 valence electrons. The Kier molecular flexibility index (Phi) is 10.0. The van der Waals surface area contributed by atoms with Crippen molar-refractivity contribution in [1.29, 1.82) is 0 Å². The third-order valence-corrected chi connectivity index (χ3v) is 4.16. The first kappa shape index (κ1) is 21.5. The van der Waals surface area contributed by atoms with Gasteiger partial charge in [0.05, 0.1) is 31.3 Å². The van der Waals surface area contributed by atoms with Crippen LogP contribution in [0.25, 0.3) is 0 Å². The van der Waals surface area contributed by atoms with Crippen LogP contribution in [0, 0.1) is 0 Å². The van der Waals surface area contributed by atoms with Crippen LogP contribution in [0.3, 0.4) is 0 Å². The predicted molar refractivity (Wildman–Crippen MR) is 111 cm³/mol. The van der Waals surface area contributed by atoms with E-state index in [1.54, 1.807) is 0 Å². The van der Waals surface area contributed by atoms with Crippen molar-refractivity contribution in [2.45, 2.75) is 13.5 Å². The van der Waals surface area contributed by atoms with Gasteiger partial charge in [-0.1, -0.05) is 11.6 Å². The number of aryl methyl sites for hydroxylation is 1. The average Bonchev–Trinajstić information content (AvgIpc) is 2.85. The molecule has 1 fully saturated rings. The zero-order valence-electron chi connectivity index (χ0n) is 14.8. The monoisotopic (exact) mass is 469 g/mol. The average molecular weight is 470 g/mol. The first-order valence-electron chi connectivity index (χ1n) is 8.20. The van der Waals surface area contributed by atoms with Crippen molar-refractivity contribution in [1.82, 2.24) is 19.7 Å². The number of rotatable bonds is 6. The van der Waals surface area contributed by atoms with E-state index < -0.39 is 0 Å². The fraction of sp³-hybridized carbons (Fsp3) is 0.688. The van der Waals surface area contributed by atoms with E-state index in [-0.39, 0.29) is 24.0 Å². The van der Waals surface area contributed by atoms with Crippen molar-refractivity contribution in [3.05, 3.63) is 23.0 Å². The number of ether oxygens (including phenoxy) is 1. The second kappa shape index (κ2) is 11.2. The Morgan fingerprint density at radius 1 is 1.42 bits per heavy atom. The molecular weight excluding hydrogens is 441 g/mol. The Balaban J connectivity index is 0.00000288. The largest absolute Gasteiger partial charge is 0.379 e. The number of morpholine rings is 1. The Morgan fingerprint density at radius 2 is 2.12 bits per heavy atom. The van der Waals surface area contributed by atoms with Gasteiger partial charge in [-0.25, -0.2) is 0 Å². The van der Waals surface area contributed by atoms with Crippen LogP contribution in [0.1, 0.15) is 12.6 Å². The van der Waals surface area contributed by atoms with Crippen molar-refractivity contribution in [2.24, 2.45) is 12.0 Å². The molecule has 0 radical (unpaired) electrons. The summed E-state index contributed by atoms with van der Waals surface area (Å²) >= 11 is 6.06. The van der Waals surface area contributed by atoms with Crippen molar-refractivity contribution < 1.29 is 4.74 Å². The van der Waals surface area contributed by atoms with E-state index in [9.17, 15) is 0 Å². The van der Waals surface area contributed by atoms with Crippen molar-refractivity contribution in [3.63, 3.8) is 0 Å². The van der Waals surface area contributed by atoms with Crippen LogP contribution in [0.4, 0.5) is 0 Å². The topological polar surface area (TPSA) is 45.0 Å². The number of aromatic nitrogens is 1. The lowest BCUT2D eigenvalue weighted by Gasteiger charge is -2.26. The number of hydrogen-bond acceptors (Lipinski definition) is 3. The number of hydrogen-bond donors (Lipinski definition) is 1. The SMILES string of the molecule is CCNC(=NCCN1CCOCC1)N(C)Cc1cc(Cl)cn1C.I. The minimum absolute atomic E-state index is 0. The molecule has 1 aromatic rings. The van der Waals surface area contributed by atoms with Gasteiger partial charge in [0, 0.05) is 52.2 Å². The highest BCUT2D eigenvalue weighted by atomic mass is 127. The molecule has 0 spiro atoms. The molecule has 1 aromatic heterocycles. The Morgan fingerprint density at radius 3 is 2.71 bits per heavy atom. The molecule has 1 aliphatic heterocycles. The normalized spacial score (nSPS) is 15.9. The van der Waals surface area contributed by atoms with Crippen LogP contribution in [-0.4, -0.2) is 73.3 Å². The van der Waals surface area contributed by atoms with Crippen LogP contribution in [0.5, 0.6) is 0 Å². The second-order valence-corrected chi connectivity index (χ2v) is 6.24. The van der Waals surface area contributed by atoms with E-state index in [1.807, 2.05) is 19.3 Å². The van der Waals surface area contributed by atoms with E-state index in [1.165, 1.54) is 0 Å². The Hall–Kier alpha value is -0.510. The molecule has 0 unspecified atom stereocenters. The summed E-state index contributed by atoms with van der Waals surface area (Å²) in [6, 6.07) is 2.00. The zero-order chi connectivity index (χ0) is 16.7. The molecule has 6 nitrogen and oxygen atoms in total. The molecule has 0 saturated carbocycles. The summed E-state index contributed by atoms with van der Waals surface area (Å²) in [7, 11) is 4.06. The van der Waals surface area contributed by atoms with E-state index >= 15 is 0 Å². The van der Waals surface area contributed by atoms with E-state index in [0.717, 1.165) is 69.2 Å². The number of nitrogens with zero attached hydrogens (tertiary/aromatic N) is 4. The molecule has 0 bridgehead atoms. The summed E-state index contributed by atoms with van der Waals surface area (Å²) in [5.41, 5.74) is 1.16. The van der Waals surface area contributed by atoms with Gasteiger partial charge in [-0.3, -0.25) is 9.89 Å². The highest BCUT2D eigenvalue weighted by molar-refractivity contribution is 14.0. The molecule has 8 heteroatoms. The quantitative estimate of drug-likeness (QED) is 0.393. The molecule has 0 aromatic carbocycles. The lowest BCUT2D eigenvalue weighted by atomic mass is 10.4. The summed E-state index contributed by atoms with van der Waals surface area (Å²) in [6.45, 7) is 9.15. The second-order valence-electron chi connectivity index (χ2n) is 5.81. The van der Waals surface area contributed by atoms with Crippen LogP contribution < -0.4 is 5.32 Å². The lowest BCUT2D eigenvalue weighted by molar-refractivity contribution is 0.0394. The molecule has 1 N–H and O–H groups in total. The summed E-state index contributed by atoms with van der Waals surface area (Å²) in [4.78, 5) is 9.28.